The summed E-state index contributed by atoms with van der Waals surface area (Å²) >= 11 is 5.91. The van der Waals surface area contributed by atoms with Gasteiger partial charge in [-0.3, -0.25) is 4.79 Å². The number of carbonyl (C=O) groups excluding carboxylic acids is 1. The second kappa shape index (κ2) is 14.2. The maximum Gasteiger partial charge on any atom is 0.251 e. The first-order valence-electron chi connectivity index (χ1n) is 14.1. The number of ether oxygens (including phenoxy) is 1. The van der Waals surface area contributed by atoms with Gasteiger partial charge in [0.05, 0.1) is 17.6 Å². The molecular weight excluding hydrogens is 506 g/mol. The Morgan fingerprint density at radius 1 is 0.974 bits per heavy atom. The maximum absolute atomic E-state index is 12.3. The molecule has 3 aromatic carbocycles. The average Bonchev–Trinajstić information content (AvgIpc) is 3.27. The zero-order valence-electron chi connectivity index (χ0n) is 23.4. The molecule has 0 atom stereocenters. The molecule has 0 aliphatic heterocycles. The molecule has 1 amide bonds. The first kappa shape index (κ1) is 28.7. The van der Waals surface area contributed by atoms with Crippen molar-refractivity contribution in [1.29, 1.82) is 0 Å². The van der Waals surface area contributed by atoms with Crippen molar-refractivity contribution in [2.24, 2.45) is 0 Å². The summed E-state index contributed by atoms with van der Waals surface area (Å²) in [6.07, 6.45) is 5.96. The lowest BCUT2D eigenvalue weighted by Crippen LogP contribution is -2.24. The van der Waals surface area contributed by atoms with Crippen LogP contribution in [0.1, 0.15) is 79.2 Å². The number of unbranched alkanes of at least 4 members (excludes halogenated alkanes) is 3. The summed E-state index contributed by atoms with van der Waals surface area (Å²) in [4.78, 5) is 17.2. The van der Waals surface area contributed by atoms with Gasteiger partial charge in [-0.2, -0.15) is 0 Å². The highest BCUT2D eigenvalue weighted by molar-refractivity contribution is 6.30. The van der Waals surface area contributed by atoms with E-state index in [9.17, 15) is 4.79 Å². The summed E-state index contributed by atoms with van der Waals surface area (Å²) in [5.41, 5.74) is 5.39. The van der Waals surface area contributed by atoms with E-state index in [1.165, 1.54) is 16.6 Å². The number of nitrogens with one attached hydrogen (secondary N) is 1. The Morgan fingerprint density at radius 3 is 2.56 bits per heavy atom. The summed E-state index contributed by atoms with van der Waals surface area (Å²) in [5.74, 6) is 2.55. The van der Waals surface area contributed by atoms with Gasteiger partial charge in [0.2, 0.25) is 0 Å². The Morgan fingerprint density at radius 2 is 1.77 bits per heavy atom. The number of aromatic nitrogens is 2. The normalized spacial score (nSPS) is 11.3. The first-order chi connectivity index (χ1) is 18.9. The number of fused-ring (bicyclic) bond motifs is 1. The molecule has 0 unspecified atom stereocenters. The summed E-state index contributed by atoms with van der Waals surface area (Å²) in [7, 11) is 0. The fourth-order valence-electron chi connectivity index (χ4n) is 4.85. The summed E-state index contributed by atoms with van der Waals surface area (Å²) in [5, 5.41) is 3.63. The number of imidazole rings is 1. The van der Waals surface area contributed by atoms with E-state index in [4.69, 9.17) is 21.3 Å². The number of hydrogen-bond donors (Lipinski definition) is 1. The molecule has 206 valence electrons. The quantitative estimate of drug-likeness (QED) is 0.163. The molecular formula is C33H40ClN3O2. The number of benzene rings is 3. The van der Waals surface area contributed by atoms with Crippen LogP contribution >= 0.6 is 11.6 Å². The lowest BCUT2D eigenvalue weighted by atomic mass is 10.0. The van der Waals surface area contributed by atoms with Crippen LogP contribution in [0.25, 0.3) is 11.0 Å². The van der Waals surface area contributed by atoms with Crippen LogP contribution in [0.15, 0.2) is 66.7 Å². The van der Waals surface area contributed by atoms with Crippen LogP contribution in [-0.2, 0) is 13.0 Å². The van der Waals surface area contributed by atoms with Gasteiger partial charge in [0.15, 0.2) is 0 Å². The molecule has 4 rings (SSSR count). The van der Waals surface area contributed by atoms with Gasteiger partial charge in [0.1, 0.15) is 11.6 Å². The van der Waals surface area contributed by atoms with E-state index in [1.54, 1.807) is 24.3 Å². The molecule has 0 bridgehead atoms. The maximum atomic E-state index is 12.3. The minimum Gasteiger partial charge on any atom is -0.493 e. The third kappa shape index (κ3) is 8.09. The van der Waals surface area contributed by atoms with E-state index in [1.807, 2.05) is 0 Å². The number of aryl methyl sites for hydroxylation is 3. The van der Waals surface area contributed by atoms with E-state index in [0.29, 0.717) is 29.7 Å². The molecule has 0 radical (unpaired) electrons. The lowest BCUT2D eigenvalue weighted by Gasteiger charge is -2.15. The summed E-state index contributed by atoms with van der Waals surface area (Å²) in [6.45, 7) is 8.84. The van der Waals surface area contributed by atoms with Gasteiger partial charge in [-0.25, -0.2) is 4.98 Å². The van der Waals surface area contributed by atoms with Crippen LogP contribution in [0.5, 0.6) is 5.75 Å². The summed E-state index contributed by atoms with van der Waals surface area (Å²) < 4.78 is 8.59. The van der Waals surface area contributed by atoms with Gasteiger partial charge >= 0.3 is 0 Å². The van der Waals surface area contributed by atoms with Gasteiger partial charge < -0.3 is 14.6 Å². The van der Waals surface area contributed by atoms with E-state index in [0.717, 1.165) is 62.2 Å². The topological polar surface area (TPSA) is 56.1 Å². The van der Waals surface area contributed by atoms with Crippen LogP contribution in [0.4, 0.5) is 0 Å². The molecule has 6 heteroatoms. The monoisotopic (exact) mass is 545 g/mol. The van der Waals surface area contributed by atoms with Crippen LogP contribution in [0, 0.1) is 6.92 Å². The van der Waals surface area contributed by atoms with Crippen molar-refractivity contribution >= 4 is 28.5 Å². The Labute approximate surface area is 237 Å². The second-order valence-electron chi connectivity index (χ2n) is 10.5. The van der Waals surface area contributed by atoms with Gasteiger partial charge in [0, 0.05) is 30.1 Å². The second-order valence-corrected chi connectivity index (χ2v) is 10.9. The third-order valence-corrected chi connectivity index (χ3v) is 7.28. The largest absolute Gasteiger partial charge is 0.493 e. The molecule has 0 fully saturated rings. The number of nitrogens with zero attached hydrogens (tertiary/aromatic N) is 2. The Hall–Kier alpha value is -3.31. The number of para-hydroxylation sites is 2. The molecule has 0 saturated carbocycles. The SMILES string of the molecule is Cc1ccc(C(C)C)c(OCCCCn2c(CCCCCNC(=O)c3ccc(Cl)cc3)nc3ccccc32)c1. The molecule has 1 heterocycles. The number of hydrogen-bond acceptors (Lipinski definition) is 3. The van der Waals surface area contributed by atoms with Gasteiger partial charge in [-0.1, -0.05) is 56.1 Å². The number of rotatable bonds is 14. The molecule has 5 nitrogen and oxygen atoms in total. The van der Waals surface area contributed by atoms with Gasteiger partial charge in [-0.15, -0.1) is 0 Å². The van der Waals surface area contributed by atoms with Gasteiger partial charge in [-0.05, 0) is 92.1 Å². The van der Waals surface area contributed by atoms with E-state index >= 15 is 0 Å². The number of carbonyl (C=O) groups is 1. The third-order valence-electron chi connectivity index (χ3n) is 7.03. The molecule has 39 heavy (non-hydrogen) atoms. The Balaban J connectivity index is 1.24. The predicted octanol–water partition coefficient (Wildman–Crippen LogP) is 8.12. The minimum absolute atomic E-state index is 0.0553. The van der Waals surface area contributed by atoms with E-state index < -0.39 is 0 Å². The van der Waals surface area contributed by atoms with Crippen LogP contribution in [-0.4, -0.2) is 28.6 Å². The van der Waals surface area contributed by atoms with Crippen LogP contribution < -0.4 is 10.1 Å². The number of halogens is 1. The minimum atomic E-state index is -0.0553. The Bertz CT molecular complexity index is 1360. The van der Waals surface area contributed by atoms with Crippen molar-refractivity contribution in [3.05, 3.63) is 94.3 Å². The highest BCUT2D eigenvalue weighted by Gasteiger charge is 2.11. The summed E-state index contributed by atoms with van der Waals surface area (Å²) in [6, 6.07) is 21.9. The lowest BCUT2D eigenvalue weighted by molar-refractivity contribution is 0.0953. The smallest absolute Gasteiger partial charge is 0.251 e. The highest BCUT2D eigenvalue weighted by Crippen LogP contribution is 2.28. The van der Waals surface area contributed by atoms with Crippen LogP contribution in [0.3, 0.4) is 0 Å². The number of amides is 1. The molecule has 0 saturated heterocycles. The van der Waals surface area contributed by atoms with Crippen molar-refractivity contribution in [3.63, 3.8) is 0 Å². The van der Waals surface area contributed by atoms with Crippen molar-refractivity contribution in [1.82, 2.24) is 14.9 Å². The van der Waals surface area contributed by atoms with Crippen LogP contribution in [0.2, 0.25) is 5.02 Å². The standard InChI is InChI=1S/C33H40ClN3O2/c1-24(2)28-19-14-25(3)23-31(28)39-22-10-9-21-37-30-12-7-6-11-29(30)36-32(37)13-5-4-8-20-35-33(38)26-15-17-27(34)18-16-26/h6-7,11-12,14-19,23-24H,4-5,8-10,13,20-22H2,1-3H3,(H,35,38). The molecule has 4 aromatic rings. The fraction of sp³-hybridized carbons (Fsp3) is 0.394. The zero-order chi connectivity index (χ0) is 27.6. The van der Waals surface area contributed by atoms with Crippen molar-refractivity contribution < 1.29 is 9.53 Å². The molecule has 0 spiro atoms. The Kier molecular flexibility index (Phi) is 10.4. The van der Waals surface area contributed by atoms with Crippen molar-refractivity contribution in [3.8, 4) is 5.75 Å². The molecule has 1 N–H and O–H groups in total. The molecule has 1 aromatic heterocycles. The predicted molar refractivity (Wildman–Crippen MR) is 161 cm³/mol. The van der Waals surface area contributed by atoms with Crippen molar-refractivity contribution in [2.45, 2.75) is 71.8 Å². The molecule has 0 aliphatic rings. The van der Waals surface area contributed by atoms with Gasteiger partial charge in [0.25, 0.3) is 5.91 Å². The van der Waals surface area contributed by atoms with E-state index in [2.05, 4.69) is 73.1 Å². The zero-order valence-corrected chi connectivity index (χ0v) is 24.1. The average molecular weight is 546 g/mol. The van der Waals surface area contributed by atoms with E-state index in [-0.39, 0.29) is 5.91 Å². The molecule has 0 aliphatic carbocycles. The highest BCUT2D eigenvalue weighted by atomic mass is 35.5. The first-order valence-corrected chi connectivity index (χ1v) is 14.5. The fourth-order valence-corrected chi connectivity index (χ4v) is 4.98. The van der Waals surface area contributed by atoms with Crippen molar-refractivity contribution in [2.75, 3.05) is 13.2 Å².